The van der Waals surface area contributed by atoms with Crippen molar-refractivity contribution in [2.45, 2.75) is 13.5 Å². The van der Waals surface area contributed by atoms with E-state index in [-0.39, 0.29) is 6.54 Å². The average molecular weight is 190 g/mol. The van der Waals surface area contributed by atoms with E-state index in [0.29, 0.717) is 0 Å². The first-order chi connectivity index (χ1) is 6.68. The molecule has 72 valence electrons. The Balaban J connectivity index is 2.61. The molecule has 0 aliphatic rings. The number of hydrogen-bond donors (Lipinski definition) is 1. The average Bonchev–Trinajstić information content (AvgIpc) is 2.49. The van der Waals surface area contributed by atoms with Crippen molar-refractivity contribution in [3.8, 4) is 0 Å². The molecule has 0 fully saturated rings. The molecule has 2 aromatic rings. The third-order valence-electron chi connectivity index (χ3n) is 2.15. The fourth-order valence-electron chi connectivity index (χ4n) is 1.58. The van der Waals surface area contributed by atoms with Gasteiger partial charge < -0.3 is 9.67 Å². The van der Waals surface area contributed by atoms with Gasteiger partial charge in [-0.1, -0.05) is 12.1 Å². The summed E-state index contributed by atoms with van der Waals surface area (Å²) in [4.78, 5) is 14.7. The van der Waals surface area contributed by atoms with Crippen LogP contribution in [0.25, 0.3) is 11.0 Å². The van der Waals surface area contributed by atoms with Gasteiger partial charge in [-0.3, -0.25) is 4.79 Å². The van der Waals surface area contributed by atoms with Gasteiger partial charge in [0, 0.05) is 0 Å². The van der Waals surface area contributed by atoms with Crippen molar-refractivity contribution in [1.29, 1.82) is 0 Å². The number of fused-ring (bicyclic) bond motifs is 1. The fraction of sp³-hybridized carbons (Fsp3) is 0.200. The van der Waals surface area contributed by atoms with Crippen molar-refractivity contribution in [3.05, 3.63) is 30.1 Å². The molecule has 4 heteroatoms. The van der Waals surface area contributed by atoms with Gasteiger partial charge in [0.05, 0.1) is 17.4 Å². The molecule has 0 saturated carbocycles. The van der Waals surface area contributed by atoms with Gasteiger partial charge in [-0.15, -0.1) is 0 Å². The second-order valence-corrected chi connectivity index (χ2v) is 3.21. The molecule has 2 rings (SSSR count). The first kappa shape index (κ1) is 8.74. The first-order valence-corrected chi connectivity index (χ1v) is 4.31. The van der Waals surface area contributed by atoms with Gasteiger partial charge in [0.1, 0.15) is 6.54 Å². The summed E-state index contributed by atoms with van der Waals surface area (Å²) in [6.45, 7) is 1.91. The number of carboxylic acid groups (broad SMARTS) is 1. The van der Waals surface area contributed by atoms with Crippen LogP contribution in [0.3, 0.4) is 0 Å². The second kappa shape index (κ2) is 3.14. The smallest absolute Gasteiger partial charge is 0.323 e. The molecule has 0 amide bonds. The van der Waals surface area contributed by atoms with Crippen LogP contribution < -0.4 is 0 Å². The summed E-state index contributed by atoms with van der Waals surface area (Å²) in [6.07, 6.45) is 1.56. The Hall–Kier alpha value is -1.84. The predicted molar refractivity (Wildman–Crippen MR) is 52.1 cm³/mol. The second-order valence-electron chi connectivity index (χ2n) is 3.21. The standard InChI is InChI=1S/C10H10N2O2/c1-7-3-2-4-8-10(7)12(6-11-8)5-9(13)14/h2-4,6H,5H2,1H3,(H,13,14). The number of benzene rings is 1. The van der Waals surface area contributed by atoms with E-state index in [2.05, 4.69) is 4.98 Å². The van der Waals surface area contributed by atoms with E-state index >= 15 is 0 Å². The van der Waals surface area contributed by atoms with E-state index in [1.54, 1.807) is 10.9 Å². The van der Waals surface area contributed by atoms with Gasteiger partial charge in [0.25, 0.3) is 0 Å². The normalized spacial score (nSPS) is 10.6. The van der Waals surface area contributed by atoms with Gasteiger partial charge in [-0.25, -0.2) is 4.98 Å². The Morgan fingerprint density at radius 1 is 1.57 bits per heavy atom. The lowest BCUT2D eigenvalue weighted by molar-refractivity contribution is -0.137. The third kappa shape index (κ3) is 1.35. The summed E-state index contributed by atoms with van der Waals surface area (Å²) in [6, 6.07) is 5.73. The zero-order chi connectivity index (χ0) is 10.1. The van der Waals surface area contributed by atoms with Crippen LogP contribution in [-0.2, 0) is 11.3 Å². The molecule has 4 nitrogen and oxygen atoms in total. The molecule has 0 aliphatic carbocycles. The zero-order valence-corrected chi connectivity index (χ0v) is 7.77. The van der Waals surface area contributed by atoms with E-state index < -0.39 is 5.97 Å². The van der Waals surface area contributed by atoms with E-state index in [1.165, 1.54) is 0 Å². The van der Waals surface area contributed by atoms with Crippen molar-refractivity contribution in [2.24, 2.45) is 0 Å². The SMILES string of the molecule is Cc1cccc2ncn(CC(=O)O)c12. The number of para-hydroxylation sites is 1. The monoisotopic (exact) mass is 190 g/mol. The molecule has 0 saturated heterocycles. The fourth-order valence-corrected chi connectivity index (χ4v) is 1.58. The number of hydrogen-bond acceptors (Lipinski definition) is 2. The summed E-state index contributed by atoms with van der Waals surface area (Å²) < 4.78 is 1.65. The molecule has 0 atom stereocenters. The predicted octanol–water partition coefficient (Wildman–Crippen LogP) is 1.43. The number of aromatic nitrogens is 2. The molecule has 0 spiro atoms. The van der Waals surface area contributed by atoms with Crippen molar-refractivity contribution in [2.75, 3.05) is 0 Å². The quantitative estimate of drug-likeness (QED) is 0.779. The topological polar surface area (TPSA) is 55.1 Å². The minimum Gasteiger partial charge on any atom is -0.480 e. The van der Waals surface area contributed by atoms with Crippen molar-refractivity contribution in [1.82, 2.24) is 9.55 Å². The van der Waals surface area contributed by atoms with Gasteiger partial charge in [-0.05, 0) is 18.6 Å². The Labute approximate surface area is 80.8 Å². The minimum absolute atomic E-state index is 0.0403. The lowest BCUT2D eigenvalue weighted by Crippen LogP contribution is -2.07. The van der Waals surface area contributed by atoms with Crippen LogP contribution in [0.5, 0.6) is 0 Å². The number of aryl methyl sites for hydroxylation is 1. The Morgan fingerprint density at radius 2 is 2.36 bits per heavy atom. The number of carbonyl (C=O) groups is 1. The lowest BCUT2D eigenvalue weighted by atomic mass is 10.2. The molecule has 1 aromatic carbocycles. The van der Waals surface area contributed by atoms with Crippen LogP contribution in [0, 0.1) is 6.92 Å². The van der Waals surface area contributed by atoms with Crippen LogP contribution in [-0.4, -0.2) is 20.6 Å². The molecule has 0 aliphatic heterocycles. The lowest BCUT2D eigenvalue weighted by Gasteiger charge is -2.01. The van der Waals surface area contributed by atoms with E-state index in [9.17, 15) is 4.79 Å². The highest BCUT2D eigenvalue weighted by Gasteiger charge is 2.06. The molecular formula is C10H10N2O2. The van der Waals surface area contributed by atoms with Crippen LogP contribution in [0.15, 0.2) is 24.5 Å². The van der Waals surface area contributed by atoms with E-state index in [4.69, 9.17) is 5.11 Å². The van der Waals surface area contributed by atoms with Gasteiger partial charge in [0.2, 0.25) is 0 Å². The molecule has 1 N–H and O–H groups in total. The number of aliphatic carboxylic acids is 1. The van der Waals surface area contributed by atoms with Crippen LogP contribution >= 0.6 is 0 Å². The van der Waals surface area contributed by atoms with E-state index in [1.807, 2.05) is 25.1 Å². The summed E-state index contributed by atoms with van der Waals surface area (Å²) in [5.41, 5.74) is 2.78. The maximum atomic E-state index is 10.6. The summed E-state index contributed by atoms with van der Waals surface area (Å²) in [5, 5.41) is 8.69. The summed E-state index contributed by atoms with van der Waals surface area (Å²) in [7, 11) is 0. The minimum atomic E-state index is -0.854. The van der Waals surface area contributed by atoms with Gasteiger partial charge >= 0.3 is 5.97 Å². The maximum Gasteiger partial charge on any atom is 0.323 e. The highest BCUT2D eigenvalue weighted by Crippen LogP contribution is 2.16. The van der Waals surface area contributed by atoms with Crippen molar-refractivity contribution in [3.63, 3.8) is 0 Å². The number of nitrogens with zero attached hydrogens (tertiary/aromatic N) is 2. The van der Waals surface area contributed by atoms with E-state index in [0.717, 1.165) is 16.6 Å². The molecule has 0 bridgehead atoms. The van der Waals surface area contributed by atoms with Gasteiger partial charge in [-0.2, -0.15) is 0 Å². The maximum absolute atomic E-state index is 10.6. The third-order valence-corrected chi connectivity index (χ3v) is 2.15. The molecule has 0 unspecified atom stereocenters. The number of carboxylic acids is 1. The van der Waals surface area contributed by atoms with Crippen molar-refractivity contribution < 1.29 is 9.90 Å². The number of imidazole rings is 1. The largest absolute Gasteiger partial charge is 0.480 e. The molecule has 1 heterocycles. The summed E-state index contributed by atoms with van der Waals surface area (Å²) in [5.74, 6) is -0.854. The zero-order valence-electron chi connectivity index (χ0n) is 7.77. The van der Waals surface area contributed by atoms with Crippen LogP contribution in [0.1, 0.15) is 5.56 Å². The van der Waals surface area contributed by atoms with Crippen LogP contribution in [0.2, 0.25) is 0 Å². The molecule has 0 radical (unpaired) electrons. The Bertz CT molecular complexity index is 488. The van der Waals surface area contributed by atoms with Crippen LogP contribution in [0.4, 0.5) is 0 Å². The highest BCUT2D eigenvalue weighted by atomic mass is 16.4. The molecule has 14 heavy (non-hydrogen) atoms. The van der Waals surface area contributed by atoms with Crippen molar-refractivity contribution >= 4 is 17.0 Å². The Morgan fingerprint density at radius 3 is 3.07 bits per heavy atom. The molecular weight excluding hydrogens is 180 g/mol. The highest BCUT2D eigenvalue weighted by molar-refractivity contribution is 5.80. The molecule has 1 aromatic heterocycles. The summed E-state index contributed by atoms with van der Waals surface area (Å²) >= 11 is 0. The number of rotatable bonds is 2. The first-order valence-electron chi connectivity index (χ1n) is 4.31. The Kier molecular flexibility index (Phi) is 1.96. The van der Waals surface area contributed by atoms with Gasteiger partial charge in [0.15, 0.2) is 0 Å².